The molecular formula is C8H8ClFS. The van der Waals surface area contributed by atoms with Gasteiger partial charge in [-0.15, -0.1) is 12.6 Å². The van der Waals surface area contributed by atoms with Crippen molar-refractivity contribution in [1.82, 2.24) is 0 Å². The third kappa shape index (κ3) is 1.68. The van der Waals surface area contributed by atoms with Gasteiger partial charge < -0.3 is 0 Å². The van der Waals surface area contributed by atoms with Crippen molar-refractivity contribution >= 4 is 24.2 Å². The van der Waals surface area contributed by atoms with Crippen LogP contribution in [0.3, 0.4) is 0 Å². The molecule has 0 saturated carbocycles. The van der Waals surface area contributed by atoms with E-state index in [9.17, 15) is 4.39 Å². The molecule has 0 aromatic heterocycles. The van der Waals surface area contributed by atoms with Crippen molar-refractivity contribution in [1.29, 1.82) is 0 Å². The van der Waals surface area contributed by atoms with Crippen molar-refractivity contribution in [3.63, 3.8) is 0 Å². The van der Waals surface area contributed by atoms with Gasteiger partial charge in [0.2, 0.25) is 0 Å². The first-order chi connectivity index (χ1) is 5.16. The lowest BCUT2D eigenvalue weighted by atomic mass is 10.2. The lowest BCUT2D eigenvalue weighted by Crippen LogP contribution is -1.87. The molecule has 0 heterocycles. The molecule has 0 nitrogen and oxygen atoms in total. The van der Waals surface area contributed by atoms with E-state index in [0.717, 1.165) is 12.0 Å². The molecule has 1 aromatic rings. The van der Waals surface area contributed by atoms with E-state index in [2.05, 4.69) is 12.6 Å². The van der Waals surface area contributed by atoms with E-state index in [1.807, 2.05) is 6.92 Å². The first-order valence-electron chi connectivity index (χ1n) is 3.32. The molecule has 11 heavy (non-hydrogen) atoms. The Bertz CT molecular complexity index is 273. The zero-order valence-electron chi connectivity index (χ0n) is 6.06. The molecular weight excluding hydrogens is 183 g/mol. The quantitative estimate of drug-likeness (QED) is 0.646. The van der Waals surface area contributed by atoms with Gasteiger partial charge in [-0.25, -0.2) is 4.39 Å². The standard InChI is InChI=1S/C8H8ClFS/c1-2-5-3-4-6(11)8(10)7(5)9/h3-4,11H,2H2,1H3. The summed E-state index contributed by atoms with van der Waals surface area (Å²) in [6.07, 6.45) is 0.740. The number of thiol groups is 1. The summed E-state index contributed by atoms with van der Waals surface area (Å²) in [7, 11) is 0. The Morgan fingerprint density at radius 3 is 2.73 bits per heavy atom. The highest BCUT2D eigenvalue weighted by Crippen LogP contribution is 2.25. The van der Waals surface area contributed by atoms with Crippen molar-refractivity contribution in [3.05, 3.63) is 28.5 Å². The Labute approximate surface area is 75.8 Å². The van der Waals surface area contributed by atoms with E-state index >= 15 is 0 Å². The number of hydrogen-bond donors (Lipinski definition) is 1. The number of rotatable bonds is 1. The molecule has 0 saturated heterocycles. The van der Waals surface area contributed by atoms with Crippen LogP contribution in [0.15, 0.2) is 17.0 Å². The van der Waals surface area contributed by atoms with Crippen LogP contribution in [-0.4, -0.2) is 0 Å². The Kier molecular flexibility index (Phi) is 2.79. The zero-order chi connectivity index (χ0) is 8.43. The summed E-state index contributed by atoms with van der Waals surface area (Å²) in [4.78, 5) is 0.298. The van der Waals surface area contributed by atoms with Gasteiger partial charge in [0.15, 0.2) is 5.82 Å². The second-order valence-corrected chi connectivity index (χ2v) is 3.09. The summed E-state index contributed by atoms with van der Waals surface area (Å²) in [5, 5.41) is 0.194. The monoisotopic (exact) mass is 190 g/mol. The summed E-state index contributed by atoms with van der Waals surface area (Å²) in [6, 6.07) is 3.40. The maximum atomic E-state index is 13.0. The topological polar surface area (TPSA) is 0 Å². The van der Waals surface area contributed by atoms with Gasteiger partial charge in [0.1, 0.15) is 0 Å². The van der Waals surface area contributed by atoms with Crippen molar-refractivity contribution in [3.8, 4) is 0 Å². The number of aryl methyl sites for hydroxylation is 1. The van der Waals surface area contributed by atoms with Gasteiger partial charge in [0.05, 0.1) is 5.02 Å². The van der Waals surface area contributed by atoms with Crippen LogP contribution in [0.4, 0.5) is 4.39 Å². The van der Waals surface area contributed by atoms with Crippen molar-refractivity contribution in [2.75, 3.05) is 0 Å². The van der Waals surface area contributed by atoms with Crippen LogP contribution in [0.5, 0.6) is 0 Å². The Morgan fingerprint density at radius 1 is 1.55 bits per heavy atom. The molecule has 60 valence electrons. The summed E-state index contributed by atoms with van der Waals surface area (Å²) in [5.74, 6) is -0.422. The molecule has 0 aliphatic heterocycles. The van der Waals surface area contributed by atoms with Crippen LogP contribution in [0.2, 0.25) is 5.02 Å². The third-order valence-electron chi connectivity index (χ3n) is 1.52. The summed E-state index contributed by atoms with van der Waals surface area (Å²) >= 11 is 9.57. The third-order valence-corrected chi connectivity index (χ3v) is 2.28. The Balaban J connectivity index is 3.25. The molecule has 3 heteroatoms. The largest absolute Gasteiger partial charge is 0.204 e. The molecule has 0 aliphatic carbocycles. The van der Waals surface area contributed by atoms with Gasteiger partial charge in [-0.1, -0.05) is 24.6 Å². The van der Waals surface area contributed by atoms with Gasteiger partial charge in [-0.05, 0) is 18.1 Å². The van der Waals surface area contributed by atoms with Gasteiger partial charge in [0, 0.05) is 4.90 Å². The molecule has 1 aromatic carbocycles. The van der Waals surface area contributed by atoms with Gasteiger partial charge in [-0.3, -0.25) is 0 Å². The fourth-order valence-corrected chi connectivity index (χ4v) is 1.40. The predicted molar refractivity (Wildman–Crippen MR) is 48.0 cm³/mol. The Morgan fingerprint density at radius 2 is 2.18 bits per heavy atom. The van der Waals surface area contributed by atoms with E-state index in [1.165, 1.54) is 0 Å². The molecule has 0 aliphatic rings. The van der Waals surface area contributed by atoms with Crippen LogP contribution in [0, 0.1) is 5.82 Å². The van der Waals surface area contributed by atoms with Crippen molar-refractivity contribution < 1.29 is 4.39 Å². The normalized spacial score (nSPS) is 10.2. The fourth-order valence-electron chi connectivity index (χ4n) is 0.852. The number of hydrogen-bond acceptors (Lipinski definition) is 1. The molecule has 0 atom stereocenters. The van der Waals surface area contributed by atoms with Gasteiger partial charge >= 0.3 is 0 Å². The molecule has 0 unspecified atom stereocenters. The van der Waals surface area contributed by atoms with E-state index in [-0.39, 0.29) is 5.02 Å². The SMILES string of the molecule is CCc1ccc(S)c(F)c1Cl. The van der Waals surface area contributed by atoms with Crippen molar-refractivity contribution in [2.24, 2.45) is 0 Å². The average Bonchev–Trinajstić information content (AvgIpc) is 2.01. The molecule has 0 amide bonds. The molecule has 0 radical (unpaired) electrons. The molecule has 0 bridgehead atoms. The minimum atomic E-state index is -0.422. The minimum Gasteiger partial charge on any atom is -0.204 e. The second-order valence-electron chi connectivity index (χ2n) is 2.23. The number of halogens is 2. The van der Waals surface area contributed by atoms with Gasteiger partial charge in [-0.2, -0.15) is 0 Å². The highest BCUT2D eigenvalue weighted by atomic mass is 35.5. The van der Waals surface area contributed by atoms with E-state index in [4.69, 9.17) is 11.6 Å². The first-order valence-corrected chi connectivity index (χ1v) is 4.15. The van der Waals surface area contributed by atoms with E-state index in [1.54, 1.807) is 12.1 Å². The van der Waals surface area contributed by atoms with E-state index < -0.39 is 5.82 Å². The summed E-state index contributed by atoms with van der Waals surface area (Å²) in [6.45, 7) is 1.93. The smallest absolute Gasteiger partial charge is 0.155 e. The zero-order valence-corrected chi connectivity index (χ0v) is 7.72. The molecule has 0 spiro atoms. The van der Waals surface area contributed by atoms with Crippen LogP contribution in [0.25, 0.3) is 0 Å². The minimum absolute atomic E-state index is 0.194. The lowest BCUT2D eigenvalue weighted by Gasteiger charge is -2.02. The van der Waals surface area contributed by atoms with Gasteiger partial charge in [0.25, 0.3) is 0 Å². The molecule has 0 N–H and O–H groups in total. The van der Waals surface area contributed by atoms with Crippen LogP contribution >= 0.6 is 24.2 Å². The maximum Gasteiger partial charge on any atom is 0.155 e. The lowest BCUT2D eigenvalue weighted by molar-refractivity contribution is 0.601. The van der Waals surface area contributed by atoms with Crippen molar-refractivity contribution in [2.45, 2.75) is 18.2 Å². The van der Waals surface area contributed by atoms with Crippen LogP contribution in [-0.2, 0) is 6.42 Å². The van der Waals surface area contributed by atoms with Crippen LogP contribution < -0.4 is 0 Å². The average molecular weight is 191 g/mol. The highest BCUT2D eigenvalue weighted by Gasteiger charge is 2.06. The predicted octanol–water partition coefficient (Wildman–Crippen LogP) is 3.33. The Hall–Kier alpha value is -0.210. The summed E-state index contributed by atoms with van der Waals surface area (Å²) < 4.78 is 13.0. The first kappa shape index (κ1) is 8.88. The van der Waals surface area contributed by atoms with Crippen LogP contribution in [0.1, 0.15) is 12.5 Å². The van der Waals surface area contributed by atoms with E-state index in [0.29, 0.717) is 4.90 Å². The molecule has 1 rings (SSSR count). The molecule has 0 fully saturated rings. The second kappa shape index (κ2) is 3.46. The number of benzene rings is 1. The highest BCUT2D eigenvalue weighted by molar-refractivity contribution is 7.80. The maximum absolute atomic E-state index is 13.0. The fraction of sp³-hybridized carbons (Fsp3) is 0.250. The summed E-state index contributed by atoms with van der Waals surface area (Å²) in [5.41, 5.74) is 0.821.